The zero-order valence-electron chi connectivity index (χ0n) is 15.2. The van der Waals surface area contributed by atoms with Crippen molar-refractivity contribution < 1.29 is 14.3 Å². The van der Waals surface area contributed by atoms with Crippen LogP contribution >= 0.6 is 11.6 Å². The Bertz CT molecular complexity index is 1090. The van der Waals surface area contributed by atoms with Gasteiger partial charge in [-0.1, -0.05) is 23.7 Å². The Morgan fingerprint density at radius 1 is 1.14 bits per heavy atom. The number of anilines is 1. The van der Waals surface area contributed by atoms with Gasteiger partial charge in [0, 0.05) is 11.1 Å². The molecule has 0 atom stereocenters. The second-order valence-electron chi connectivity index (χ2n) is 7.17. The van der Waals surface area contributed by atoms with Gasteiger partial charge in [-0.2, -0.15) is 5.10 Å². The molecular formula is C21H18ClN3O3. The molecule has 1 amide bonds. The highest BCUT2D eigenvalue weighted by Gasteiger charge is 2.52. The smallest absolute Gasteiger partial charge is 0.236 e. The average molecular weight is 396 g/mol. The van der Waals surface area contributed by atoms with E-state index in [1.165, 1.54) is 0 Å². The number of rotatable bonds is 4. The molecule has 1 aromatic heterocycles. The van der Waals surface area contributed by atoms with E-state index in [2.05, 4.69) is 10.4 Å². The fourth-order valence-electron chi connectivity index (χ4n) is 3.60. The normalized spacial score (nSPS) is 16.1. The first kappa shape index (κ1) is 17.1. The summed E-state index contributed by atoms with van der Waals surface area (Å²) in [6.07, 6.45) is 1.59. The largest absolute Gasteiger partial charge is 0.454 e. The van der Waals surface area contributed by atoms with Crippen molar-refractivity contribution in [3.05, 3.63) is 64.8 Å². The van der Waals surface area contributed by atoms with Crippen molar-refractivity contribution >= 4 is 23.3 Å². The summed E-state index contributed by atoms with van der Waals surface area (Å²) in [6.45, 7) is 2.11. The Kier molecular flexibility index (Phi) is 3.84. The molecule has 7 heteroatoms. The first-order chi connectivity index (χ1) is 13.5. The predicted molar refractivity (Wildman–Crippen MR) is 105 cm³/mol. The van der Waals surface area contributed by atoms with Gasteiger partial charge in [0.2, 0.25) is 12.7 Å². The molecule has 2 aromatic carbocycles. The van der Waals surface area contributed by atoms with Crippen LogP contribution in [0.3, 0.4) is 0 Å². The van der Waals surface area contributed by atoms with Gasteiger partial charge in [-0.3, -0.25) is 4.79 Å². The maximum Gasteiger partial charge on any atom is 0.236 e. The maximum absolute atomic E-state index is 13.2. The first-order valence-electron chi connectivity index (χ1n) is 9.09. The molecule has 0 spiro atoms. The monoisotopic (exact) mass is 395 g/mol. The Morgan fingerprint density at radius 3 is 2.75 bits per heavy atom. The van der Waals surface area contributed by atoms with Crippen LogP contribution in [0.2, 0.25) is 5.02 Å². The number of fused-ring (bicyclic) bond motifs is 1. The molecule has 2 aliphatic rings. The molecule has 1 aliphatic carbocycles. The van der Waals surface area contributed by atoms with Crippen LogP contribution in [0.5, 0.6) is 11.5 Å². The molecule has 5 rings (SSSR count). The highest BCUT2D eigenvalue weighted by molar-refractivity contribution is 6.30. The van der Waals surface area contributed by atoms with Crippen LogP contribution in [0.4, 0.5) is 5.82 Å². The standard InChI is InChI=1S/C21H18ClN3O3/c1-13-9-19(25(24-13)16-4-2-3-15(22)11-16)23-20(26)21(7-8-21)14-5-6-17-18(10-14)28-12-27-17/h2-6,9-11H,7-8,12H2,1H3,(H,23,26). The lowest BCUT2D eigenvalue weighted by atomic mass is 9.94. The number of nitrogens with one attached hydrogen (secondary N) is 1. The molecule has 0 radical (unpaired) electrons. The Balaban J connectivity index is 1.45. The van der Waals surface area contributed by atoms with E-state index in [1.807, 2.05) is 49.4 Å². The lowest BCUT2D eigenvalue weighted by Gasteiger charge is -2.17. The predicted octanol–water partition coefficient (Wildman–Crippen LogP) is 4.23. The summed E-state index contributed by atoms with van der Waals surface area (Å²) in [6, 6.07) is 15.0. The number of halogens is 1. The number of carbonyl (C=O) groups excluding carboxylic acids is 1. The zero-order valence-corrected chi connectivity index (χ0v) is 16.0. The van der Waals surface area contributed by atoms with Crippen LogP contribution in [-0.4, -0.2) is 22.5 Å². The van der Waals surface area contributed by atoms with E-state index >= 15 is 0 Å². The van der Waals surface area contributed by atoms with Gasteiger partial charge in [-0.05, 0) is 55.7 Å². The highest BCUT2D eigenvalue weighted by Crippen LogP contribution is 2.51. The summed E-state index contributed by atoms with van der Waals surface area (Å²) in [5, 5.41) is 8.18. The molecule has 3 aromatic rings. The number of aryl methyl sites for hydroxylation is 1. The summed E-state index contributed by atoms with van der Waals surface area (Å²) >= 11 is 6.12. The minimum absolute atomic E-state index is 0.0467. The zero-order chi connectivity index (χ0) is 19.3. The van der Waals surface area contributed by atoms with Crippen molar-refractivity contribution in [2.75, 3.05) is 12.1 Å². The summed E-state index contributed by atoms with van der Waals surface area (Å²) in [4.78, 5) is 13.2. The Labute approximate surface area is 167 Å². The minimum Gasteiger partial charge on any atom is -0.454 e. The number of benzene rings is 2. The van der Waals surface area contributed by atoms with Crippen LogP contribution < -0.4 is 14.8 Å². The third-order valence-electron chi connectivity index (χ3n) is 5.24. The van der Waals surface area contributed by atoms with Gasteiger partial charge in [0.1, 0.15) is 5.82 Å². The summed E-state index contributed by atoms with van der Waals surface area (Å²) in [7, 11) is 0. The van der Waals surface area contributed by atoms with Crippen LogP contribution in [0.25, 0.3) is 5.69 Å². The summed E-state index contributed by atoms with van der Waals surface area (Å²) < 4.78 is 12.5. The third kappa shape index (κ3) is 2.81. The Hall–Kier alpha value is -2.99. The van der Waals surface area contributed by atoms with Crippen LogP contribution in [-0.2, 0) is 10.2 Å². The van der Waals surface area contributed by atoms with Gasteiger partial charge in [-0.15, -0.1) is 0 Å². The van der Waals surface area contributed by atoms with Crippen molar-refractivity contribution in [2.45, 2.75) is 25.2 Å². The van der Waals surface area contributed by atoms with Gasteiger partial charge < -0.3 is 14.8 Å². The molecule has 1 saturated carbocycles. The molecule has 2 heterocycles. The van der Waals surface area contributed by atoms with Crippen molar-refractivity contribution in [1.29, 1.82) is 0 Å². The number of hydrogen-bond donors (Lipinski definition) is 1. The van der Waals surface area contributed by atoms with Gasteiger partial charge in [0.25, 0.3) is 0 Å². The quantitative estimate of drug-likeness (QED) is 0.717. The molecule has 0 saturated heterocycles. The second kappa shape index (κ2) is 6.27. The van der Waals surface area contributed by atoms with E-state index in [0.29, 0.717) is 16.6 Å². The van der Waals surface area contributed by atoms with Gasteiger partial charge >= 0.3 is 0 Å². The van der Waals surface area contributed by atoms with E-state index < -0.39 is 5.41 Å². The minimum atomic E-state index is -0.543. The van der Waals surface area contributed by atoms with Crippen molar-refractivity contribution in [3.8, 4) is 17.2 Å². The van der Waals surface area contributed by atoms with Crippen molar-refractivity contribution in [2.24, 2.45) is 0 Å². The van der Waals surface area contributed by atoms with Crippen molar-refractivity contribution in [3.63, 3.8) is 0 Å². The van der Waals surface area contributed by atoms with Crippen LogP contribution in [0.1, 0.15) is 24.1 Å². The van der Waals surface area contributed by atoms with Crippen LogP contribution in [0.15, 0.2) is 48.5 Å². The first-order valence-corrected chi connectivity index (χ1v) is 9.47. The lowest BCUT2D eigenvalue weighted by Crippen LogP contribution is -2.28. The van der Waals surface area contributed by atoms with E-state index in [4.69, 9.17) is 21.1 Å². The summed E-state index contributed by atoms with van der Waals surface area (Å²) in [5.74, 6) is 1.98. The van der Waals surface area contributed by atoms with E-state index in [-0.39, 0.29) is 12.7 Å². The fourth-order valence-corrected chi connectivity index (χ4v) is 3.78. The molecule has 6 nitrogen and oxygen atoms in total. The highest BCUT2D eigenvalue weighted by atomic mass is 35.5. The summed E-state index contributed by atoms with van der Waals surface area (Å²) in [5.41, 5.74) is 2.00. The number of carbonyl (C=O) groups is 1. The SMILES string of the molecule is Cc1cc(NC(=O)C2(c3ccc4c(c3)OCO4)CC2)n(-c2cccc(Cl)c2)n1. The second-order valence-corrected chi connectivity index (χ2v) is 7.60. The molecule has 0 bridgehead atoms. The number of nitrogens with zero attached hydrogens (tertiary/aromatic N) is 2. The lowest BCUT2D eigenvalue weighted by molar-refractivity contribution is -0.118. The number of amides is 1. The molecule has 1 N–H and O–H groups in total. The topological polar surface area (TPSA) is 65.4 Å². The van der Waals surface area contributed by atoms with E-state index in [9.17, 15) is 4.79 Å². The number of hydrogen-bond acceptors (Lipinski definition) is 4. The van der Waals surface area contributed by atoms with E-state index in [0.717, 1.165) is 35.5 Å². The van der Waals surface area contributed by atoms with Gasteiger partial charge in [0.05, 0.1) is 16.8 Å². The van der Waals surface area contributed by atoms with E-state index in [1.54, 1.807) is 10.7 Å². The molecular weight excluding hydrogens is 378 g/mol. The molecule has 0 unspecified atom stereocenters. The number of ether oxygens (including phenoxy) is 2. The van der Waals surface area contributed by atoms with Crippen molar-refractivity contribution in [1.82, 2.24) is 9.78 Å². The molecule has 1 aliphatic heterocycles. The molecule has 28 heavy (non-hydrogen) atoms. The van der Waals surface area contributed by atoms with Gasteiger partial charge in [-0.25, -0.2) is 4.68 Å². The van der Waals surface area contributed by atoms with Crippen LogP contribution in [0, 0.1) is 6.92 Å². The molecule has 1 fully saturated rings. The third-order valence-corrected chi connectivity index (χ3v) is 5.47. The van der Waals surface area contributed by atoms with Gasteiger partial charge in [0.15, 0.2) is 11.5 Å². The average Bonchev–Trinajstić information content (AvgIpc) is 3.22. The maximum atomic E-state index is 13.2. The molecule has 142 valence electrons. The number of aromatic nitrogens is 2. The fraction of sp³-hybridized carbons (Fsp3) is 0.238. The Morgan fingerprint density at radius 2 is 1.96 bits per heavy atom.